The van der Waals surface area contributed by atoms with Crippen LogP contribution in [-0.4, -0.2) is 29.1 Å². The summed E-state index contributed by atoms with van der Waals surface area (Å²) in [5, 5.41) is 4.82. The smallest absolute Gasteiger partial charge is 0.250 e. The molecular weight excluding hydrogens is 413 g/mol. The predicted octanol–water partition coefficient (Wildman–Crippen LogP) is 6.33. The molecule has 1 saturated carbocycles. The monoisotopic (exact) mass is 439 g/mol. The van der Waals surface area contributed by atoms with Gasteiger partial charge in [0.2, 0.25) is 0 Å². The van der Waals surface area contributed by atoms with Crippen molar-refractivity contribution in [3.05, 3.63) is 87.8 Å². The van der Waals surface area contributed by atoms with E-state index in [9.17, 15) is 4.39 Å². The topological polar surface area (TPSA) is 42.2 Å². The zero-order chi connectivity index (χ0) is 21.8. The van der Waals surface area contributed by atoms with Crippen LogP contribution in [0.1, 0.15) is 54.6 Å². The summed E-state index contributed by atoms with van der Waals surface area (Å²) in [5.41, 5.74) is 3.47. The van der Waals surface area contributed by atoms with Crippen molar-refractivity contribution < 1.29 is 8.91 Å². The third kappa shape index (κ3) is 5.60. The van der Waals surface area contributed by atoms with Crippen LogP contribution in [0.25, 0.3) is 6.08 Å². The van der Waals surface area contributed by atoms with E-state index in [1.54, 1.807) is 12.1 Å². The first kappa shape index (κ1) is 21.7. The molecule has 1 aromatic heterocycles. The lowest BCUT2D eigenvalue weighted by Crippen LogP contribution is -2.29. The Morgan fingerprint density at radius 1 is 1.16 bits per heavy atom. The van der Waals surface area contributed by atoms with E-state index in [4.69, 9.17) is 16.1 Å². The molecule has 4 rings (SSSR count). The van der Waals surface area contributed by atoms with Crippen molar-refractivity contribution >= 4 is 17.7 Å². The van der Waals surface area contributed by atoms with E-state index >= 15 is 0 Å². The first-order chi connectivity index (χ1) is 15.0. The van der Waals surface area contributed by atoms with Crippen LogP contribution in [0.5, 0.6) is 0 Å². The first-order valence-corrected chi connectivity index (χ1v) is 11.0. The predicted molar refractivity (Wildman–Crippen MR) is 121 cm³/mol. The Hall–Kier alpha value is -2.50. The first-order valence-electron chi connectivity index (χ1n) is 10.7. The summed E-state index contributed by atoms with van der Waals surface area (Å²) in [6.07, 6.45) is 6.72. The highest BCUT2D eigenvalue weighted by Gasteiger charge is 2.28. The van der Waals surface area contributed by atoms with Crippen molar-refractivity contribution in [3.8, 4) is 0 Å². The summed E-state index contributed by atoms with van der Waals surface area (Å²) in [6, 6.07) is 14.9. The molecule has 1 aliphatic rings. The number of allylic oxidation sites excluding steroid dienone is 1. The van der Waals surface area contributed by atoms with E-state index in [1.165, 1.54) is 11.6 Å². The number of rotatable bonds is 6. The van der Waals surface area contributed by atoms with Crippen molar-refractivity contribution in [2.75, 3.05) is 14.1 Å². The molecule has 1 unspecified atom stereocenters. The van der Waals surface area contributed by atoms with E-state index in [0.29, 0.717) is 29.1 Å². The van der Waals surface area contributed by atoms with Crippen LogP contribution in [0.2, 0.25) is 5.02 Å². The molecule has 0 N–H and O–H groups in total. The summed E-state index contributed by atoms with van der Waals surface area (Å²) in [4.78, 5) is 6.73. The number of nitrogens with zero attached hydrogens (tertiary/aromatic N) is 3. The van der Waals surface area contributed by atoms with Crippen molar-refractivity contribution in [2.24, 2.45) is 5.92 Å². The molecule has 1 heterocycles. The Labute approximate surface area is 187 Å². The van der Waals surface area contributed by atoms with Gasteiger partial charge in [0, 0.05) is 23.6 Å². The van der Waals surface area contributed by atoms with E-state index in [-0.39, 0.29) is 11.9 Å². The van der Waals surface area contributed by atoms with Crippen LogP contribution in [-0.2, 0) is 6.42 Å². The Bertz CT molecular complexity index is 1030. The molecule has 31 heavy (non-hydrogen) atoms. The highest BCUT2D eigenvalue weighted by molar-refractivity contribution is 6.30. The molecule has 0 saturated heterocycles. The van der Waals surface area contributed by atoms with Crippen LogP contribution in [0, 0.1) is 11.7 Å². The second-order valence-corrected chi connectivity index (χ2v) is 8.89. The summed E-state index contributed by atoms with van der Waals surface area (Å²) < 4.78 is 19.2. The van der Waals surface area contributed by atoms with Gasteiger partial charge in [0.05, 0.1) is 0 Å². The minimum atomic E-state index is -0.174. The maximum Gasteiger partial charge on any atom is 0.250 e. The fraction of sp³-hybridized carbons (Fsp3) is 0.360. The Morgan fingerprint density at radius 3 is 2.58 bits per heavy atom. The summed E-state index contributed by atoms with van der Waals surface area (Å²) >= 11 is 5.94. The van der Waals surface area contributed by atoms with E-state index < -0.39 is 0 Å². The second kappa shape index (κ2) is 9.75. The molecule has 162 valence electrons. The highest BCUT2D eigenvalue weighted by Crippen LogP contribution is 2.39. The number of benzene rings is 2. The largest absolute Gasteiger partial charge is 0.335 e. The maximum absolute atomic E-state index is 13.8. The number of hydrogen-bond acceptors (Lipinski definition) is 4. The molecule has 1 fully saturated rings. The lowest BCUT2D eigenvalue weighted by atomic mass is 9.78. The quantitative estimate of drug-likeness (QED) is 0.450. The summed E-state index contributed by atoms with van der Waals surface area (Å²) in [7, 11) is 4.14. The highest BCUT2D eigenvalue weighted by atomic mass is 35.5. The third-order valence-electron chi connectivity index (χ3n) is 5.95. The Balaban J connectivity index is 1.39. The molecule has 1 aliphatic carbocycles. The minimum Gasteiger partial charge on any atom is -0.335 e. The average Bonchev–Trinajstić information content (AvgIpc) is 3.18. The van der Waals surface area contributed by atoms with Crippen LogP contribution < -0.4 is 0 Å². The van der Waals surface area contributed by atoms with Crippen LogP contribution in [0.15, 0.2) is 58.6 Å². The van der Waals surface area contributed by atoms with Crippen molar-refractivity contribution in [2.45, 2.75) is 38.1 Å². The van der Waals surface area contributed by atoms with Gasteiger partial charge in [0.15, 0.2) is 5.82 Å². The normalized spacial score (nSPS) is 17.7. The van der Waals surface area contributed by atoms with Gasteiger partial charge in [-0.2, -0.15) is 4.98 Å². The van der Waals surface area contributed by atoms with E-state index in [1.807, 2.05) is 36.4 Å². The molecule has 0 spiro atoms. The molecule has 0 aliphatic heterocycles. The molecule has 0 amide bonds. The molecule has 6 heteroatoms. The standard InChI is InChI=1S/C25H27ClFN3O/c1-30(2)25(20-4-3-5-22(27)16-20)19-10-6-18(7-11-19)15-24-28-23(29-31-24)14-17-8-12-21(26)13-9-17/h3-5,8-9,12-13,15-16,19,25H,6-7,10-11,14H2,1-2H3. The van der Waals surface area contributed by atoms with E-state index in [2.05, 4.69) is 29.1 Å². The lowest BCUT2D eigenvalue weighted by molar-refractivity contribution is 0.183. The van der Waals surface area contributed by atoms with Gasteiger partial charge in [-0.05, 0) is 81.1 Å². The molecule has 3 aromatic rings. The molecule has 4 nitrogen and oxygen atoms in total. The van der Waals surface area contributed by atoms with Crippen molar-refractivity contribution in [1.82, 2.24) is 15.0 Å². The molecular formula is C25H27ClFN3O. The number of hydrogen-bond donors (Lipinski definition) is 0. The second-order valence-electron chi connectivity index (χ2n) is 8.46. The number of halogens is 2. The average molecular weight is 440 g/mol. The van der Waals surface area contributed by atoms with Crippen molar-refractivity contribution in [1.29, 1.82) is 0 Å². The SMILES string of the molecule is CN(C)C(c1cccc(F)c1)C1CCC(=Cc2nc(Cc3ccc(Cl)cc3)no2)CC1. The molecule has 1 atom stereocenters. The van der Waals surface area contributed by atoms with Gasteiger partial charge in [0.1, 0.15) is 5.82 Å². The van der Waals surface area contributed by atoms with Crippen molar-refractivity contribution in [3.63, 3.8) is 0 Å². The molecule has 2 aromatic carbocycles. The van der Waals surface area contributed by atoms with Crippen LogP contribution in [0.3, 0.4) is 0 Å². The number of aromatic nitrogens is 2. The van der Waals surface area contributed by atoms with Gasteiger partial charge in [-0.1, -0.05) is 46.6 Å². The fourth-order valence-electron chi connectivity index (χ4n) is 4.51. The summed E-state index contributed by atoms with van der Waals surface area (Å²) in [5.74, 6) is 1.54. The minimum absolute atomic E-state index is 0.174. The third-order valence-corrected chi connectivity index (χ3v) is 6.20. The zero-order valence-corrected chi connectivity index (χ0v) is 18.6. The molecule has 0 radical (unpaired) electrons. The van der Waals surface area contributed by atoms with Gasteiger partial charge in [-0.25, -0.2) is 4.39 Å². The lowest BCUT2D eigenvalue weighted by Gasteiger charge is -2.36. The Morgan fingerprint density at radius 2 is 1.90 bits per heavy atom. The fourth-order valence-corrected chi connectivity index (χ4v) is 4.64. The maximum atomic E-state index is 13.8. The van der Waals surface area contributed by atoms with Crippen LogP contribution in [0.4, 0.5) is 4.39 Å². The Kier molecular flexibility index (Phi) is 6.83. The van der Waals surface area contributed by atoms with Gasteiger partial charge < -0.3 is 9.42 Å². The summed E-state index contributed by atoms with van der Waals surface area (Å²) in [6.45, 7) is 0. The van der Waals surface area contributed by atoms with Gasteiger partial charge >= 0.3 is 0 Å². The van der Waals surface area contributed by atoms with Gasteiger partial charge in [-0.3, -0.25) is 0 Å². The van der Waals surface area contributed by atoms with E-state index in [0.717, 1.165) is 36.8 Å². The van der Waals surface area contributed by atoms with Crippen LogP contribution >= 0.6 is 11.6 Å². The van der Waals surface area contributed by atoms with Gasteiger partial charge in [0.25, 0.3) is 5.89 Å². The molecule has 0 bridgehead atoms. The van der Waals surface area contributed by atoms with Gasteiger partial charge in [-0.15, -0.1) is 0 Å². The zero-order valence-electron chi connectivity index (χ0n) is 17.9.